The van der Waals surface area contributed by atoms with Crippen molar-refractivity contribution in [2.75, 3.05) is 13.2 Å². The number of nitrogens with one attached hydrogen (secondary N) is 1. The van der Waals surface area contributed by atoms with Crippen molar-refractivity contribution in [3.63, 3.8) is 0 Å². The van der Waals surface area contributed by atoms with Gasteiger partial charge in [0.05, 0.1) is 11.7 Å². The zero-order valence-corrected chi connectivity index (χ0v) is 10.5. The summed E-state index contributed by atoms with van der Waals surface area (Å²) in [5.41, 5.74) is 0.376. The highest BCUT2D eigenvalue weighted by Gasteiger charge is 2.13. The molecule has 2 heterocycles. The fourth-order valence-electron chi connectivity index (χ4n) is 1.91. The van der Waals surface area contributed by atoms with Crippen LogP contribution in [-0.2, 0) is 11.3 Å². The molecule has 2 rings (SSSR count). The van der Waals surface area contributed by atoms with Crippen molar-refractivity contribution in [1.29, 1.82) is 0 Å². The summed E-state index contributed by atoms with van der Waals surface area (Å²) in [5.74, 6) is -0.858. The first-order chi connectivity index (χ1) is 8.25. The SMILES string of the molecule is O=C(O)c1csc(CNCC2CCCCO2)c1. The van der Waals surface area contributed by atoms with E-state index in [4.69, 9.17) is 9.84 Å². The molecule has 0 radical (unpaired) electrons. The van der Waals surface area contributed by atoms with Crippen molar-refractivity contribution < 1.29 is 14.6 Å². The molecule has 0 bridgehead atoms. The molecule has 1 aromatic heterocycles. The highest BCUT2D eigenvalue weighted by molar-refractivity contribution is 7.10. The van der Waals surface area contributed by atoms with E-state index in [2.05, 4.69) is 5.32 Å². The second kappa shape index (κ2) is 6.14. The van der Waals surface area contributed by atoms with Gasteiger partial charge in [-0.3, -0.25) is 0 Å². The molecular formula is C12H17NO3S. The zero-order chi connectivity index (χ0) is 12.1. The van der Waals surface area contributed by atoms with E-state index < -0.39 is 5.97 Å². The van der Waals surface area contributed by atoms with Gasteiger partial charge in [0.25, 0.3) is 0 Å². The normalized spacial score (nSPS) is 20.4. The second-order valence-electron chi connectivity index (χ2n) is 4.23. The molecule has 1 aliphatic heterocycles. The first kappa shape index (κ1) is 12.5. The van der Waals surface area contributed by atoms with Gasteiger partial charge in [-0.1, -0.05) is 0 Å². The fraction of sp³-hybridized carbons (Fsp3) is 0.583. The molecular weight excluding hydrogens is 238 g/mol. The smallest absolute Gasteiger partial charge is 0.336 e. The minimum Gasteiger partial charge on any atom is -0.478 e. The maximum absolute atomic E-state index is 10.7. The topological polar surface area (TPSA) is 58.6 Å². The van der Waals surface area contributed by atoms with Crippen LogP contribution in [0.15, 0.2) is 11.4 Å². The minimum atomic E-state index is -0.858. The third-order valence-corrected chi connectivity index (χ3v) is 3.78. The van der Waals surface area contributed by atoms with Crippen LogP contribution < -0.4 is 5.32 Å². The highest BCUT2D eigenvalue weighted by Crippen LogP contribution is 2.15. The van der Waals surface area contributed by atoms with Gasteiger partial charge in [0.1, 0.15) is 0 Å². The quantitative estimate of drug-likeness (QED) is 0.846. The highest BCUT2D eigenvalue weighted by atomic mass is 32.1. The number of rotatable bonds is 5. The molecule has 4 nitrogen and oxygen atoms in total. The van der Waals surface area contributed by atoms with E-state index in [1.807, 2.05) is 0 Å². The van der Waals surface area contributed by atoms with Crippen LogP contribution in [0.1, 0.15) is 34.5 Å². The van der Waals surface area contributed by atoms with E-state index in [0.29, 0.717) is 11.7 Å². The average Bonchev–Trinajstić information content (AvgIpc) is 2.79. The number of carbonyl (C=O) groups is 1. The lowest BCUT2D eigenvalue weighted by Gasteiger charge is -2.22. The van der Waals surface area contributed by atoms with Crippen molar-refractivity contribution in [2.45, 2.75) is 31.9 Å². The van der Waals surface area contributed by atoms with Gasteiger partial charge in [0.2, 0.25) is 0 Å². The standard InChI is InChI=1S/C12H17NO3S/c14-12(15)9-5-11(17-8-9)7-13-6-10-3-1-2-4-16-10/h5,8,10,13H,1-4,6-7H2,(H,14,15). The molecule has 0 spiro atoms. The monoisotopic (exact) mass is 255 g/mol. The number of hydrogen-bond donors (Lipinski definition) is 2. The van der Waals surface area contributed by atoms with Crippen molar-refractivity contribution in [3.05, 3.63) is 21.9 Å². The van der Waals surface area contributed by atoms with Gasteiger partial charge in [-0.2, -0.15) is 0 Å². The molecule has 1 saturated heterocycles. The summed E-state index contributed by atoms with van der Waals surface area (Å²) in [6, 6.07) is 1.72. The van der Waals surface area contributed by atoms with E-state index in [0.717, 1.165) is 31.0 Å². The third-order valence-electron chi connectivity index (χ3n) is 2.85. The summed E-state index contributed by atoms with van der Waals surface area (Å²) < 4.78 is 5.61. The van der Waals surface area contributed by atoms with E-state index in [9.17, 15) is 4.79 Å². The fourth-order valence-corrected chi connectivity index (χ4v) is 2.74. The van der Waals surface area contributed by atoms with Crippen LogP contribution in [0.4, 0.5) is 0 Å². The Hall–Kier alpha value is -0.910. The van der Waals surface area contributed by atoms with Crippen LogP contribution in [0.2, 0.25) is 0 Å². The van der Waals surface area contributed by atoms with Crippen LogP contribution in [0, 0.1) is 0 Å². The van der Waals surface area contributed by atoms with E-state index in [-0.39, 0.29) is 0 Å². The molecule has 2 N–H and O–H groups in total. The average molecular weight is 255 g/mol. The van der Waals surface area contributed by atoms with Gasteiger partial charge < -0.3 is 15.2 Å². The Morgan fingerprint density at radius 1 is 1.59 bits per heavy atom. The Bertz CT molecular complexity index is 372. The van der Waals surface area contributed by atoms with Crippen LogP contribution in [0.5, 0.6) is 0 Å². The molecule has 5 heteroatoms. The third kappa shape index (κ3) is 3.80. The second-order valence-corrected chi connectivity index (χ2v) is 5.22. The van der Waals surface area contributed by atoms with Crippen molar-refractivity contribution in [1.82, 2.24) is 5.32 Å². The van der Waals surface area contributed by atoms with Gasteiger partial charge in [0, 0.05) is 30.0 Å². The van der Waals surface area contributed by atoms with Gasteiger partial charge in [0.15, 0.2) is 0 Å². The van der Waals surface area contributed by atoms with Gasteiger partial charge in [-0.15, -0.1) is 11.3 Å². The molecule has 17 heavy (non-hydrogen) atoms. The van der Waals surface area contributed by atoms with E-state index in [1.54, 1.807) is 11.4 Å². The molecule has 0 saturated carbocycles. The largest absolute Gasteiger partial charge is 0.478 e. The lowest BCUT2D eigenvalue weighted by molar-refractivity contribution is 0.0168. The lowest BCUT2D eigenvalue weighted by atomic mass is 10.1. The molecule has 94 valence electrons. The number of hydrogen-bond acceptors (Lipinski definition) is 4. The molecule has 0 aliphatic carbocycles. The maximum atomic E-state index is 10.7. The Balaban J connectivity index is 1.71. The van der Waals surface area contributed by atoms with Gasteiger partial charge >= 0.3 is 5.97 Å². The van der Waals surface area contributed by atoms with Crippen LogP contribution in [-0.4, -0.2) is 30.3 Å². The number of ether oxygens (including phenoxy) is 1. The van der Waals surface area contributed by atoms with Crippen LogP contribution in [0.3, 0.4) is 0 Å². The predicted molar refractivity (Wildman–Crippen MR) is 66.6 cm³/mol. The molecule has 1 fully saturated rings. The first-order valence-corrected chi connectivity index (χ1v) is 6.76. The summed E-state index contributed by atoms with van der Waals surface area (Å²) in [5, 5.41) is 13.8. The number of thiophene rings is 1. The Labute approximate surface area is 105 Å². The number of carboxylic acids is 1. The minimum absolute atomic E-state index is 0.322. The lowest BCUT2D eigenvalue weighted by Crippen LogP contribution is -2.31. The summed E-state index contributed by atoms with van der Waals surface area (Å²) >= 11 is 1.48. The Morgan fingerprint density at radius 3 is 3.12 bits per heavy atom. The molecule has 0 aromatic carbocycles. The van der Waals surface area contributed by atoms with Crippen molar-refractivity contribution >= 4 is 17.3 Å². The Kier molecular flexibility index (Phi) is 4.53. The summed E-state index contributed by atoms with van der Waals surface area (Å²) in [6.07, 6.45) is 3.86. The van der Waals surface area contributed by atoms with E-state index >= 15 is 0 Å². The van der Waals surface area contributed by atoms with Crippen LogP contribution in [0.25, 0.3) is 0 Å². The zero-order valence-electron chi connectivity index (χ0n) is 9.65. The summed E-state index contributed by atoms with van der Waals surface area (Å²) in [7, 11) is 0. The predicted octanol–water partition coefficient (Wildman–Crippen LogP) is 2.10. The first-order valence-electron chi connectivity index (χ1n) is 5.89. The maximum Gasteiger partial charge on any atom is 0.336 e. The molecule has 1 unspecified atom stereocenters. The molecule has 1 aliphatic rings. The summed E-state index contributed by atoms with van der Waals surface area (Å²) in [4.78, 5) is 11.8. The molecule has 1 atom stereocenters. The molecule has 1 aromatic rings. The van der Waals surface area contributed by atoms with Crippen molar-refractivity contribution in [3.8, 4) is 0 Å². The molecule has 0 amide bonds. The Morgan fingerprint density at radius 2 is 2.47 bits per heavy atom. The van der Waals surface area contributed by atoms with Crippen LogP contribution >= 0.6 is 11.3 Å². The van der Waals surface area contributed by atoms with Crippen molar-refractivity contribution in [2.24, 2.45) is 0 Å². The summed E-state index contributed by atoms with van der Waals surface area (Å²) in [6.45, 7) is 2.44. The van der Waals surface area contributed by atoms with Gasteiger partial charge in [-0.25, -0.2) is 4.79 Å². The number of carboxylic acid groups (broad SMARTS) is 1. The number of aromatic carboxylic acids is 1. The van der Waals surface area contributed by atoms with E-state index in [1.165, 1.54) is 24.2 Å². The van der Waals surface area contributed by atoms with Gasteiger partial charge in [-0.05, 0) is 25.3 Å².